The summed E-state index contributed by atoms with van der Waals surface area (Å²) >= 11 is 0. The lowest BCUT2D eigenvalue weighted by Crippen LogP contribution is -2.38. The minimum Gasteiger partial charge on any atom is -0.468 e. The first-order chi connectivity index (χ1) is 11.2. The highest BCUT2D eigenvalue weighted by atomic mass is 16.3. The van der Waals surface area contributed by atoms with Crippen molar-refractivity contribution in [3.63, 3.8) is 0 Å². The summed E-state index contributed by atoms with van der Waals surface area (Å²) < 4.78 is 5.56. The molecule has 1 saturated heterocycles. The molecule has 0 unspecified atom stereocenters. The molecule has 0 saturated carbocycles. The summed E-state index contributed by atoms with van der Waals surface area (Å²) in [6.45, 7) is 4.65. The van der Waals surface area contributed by atoms with E-state index in [1.54, 1.807) is 6.26 Å². The van der Waals surface area contributed by atoms with Crippen LogP contribution in [0.5, 0.6) is 0 Å². The highest BCUT2D eigenvalue weighted by Crippen LogP contribution is 2.24. The maximum atomic E-state index is 12.1. The number of rotatable bonds is 5. The molecule has 2 amide bonds. The number of nitrogens with zero attached hydrogens (tertiary/aromatic N) is 1. The van der Waals surface area contributed by atoms with E-state index < -0.39 is 0 Å². The number of hydrogen-bond donors (Lipinski definition) is 2. The molecule has 0 spiro atoms. The number of likely N-dealkylation sites (tertiary alicyclic amines) is 1. The number of aryl methyl sites for hydroxylation is 1. The second-order valence-corrected chi connectivity index (χ2v) is 5.98. The van der Waals surface area contributed by atoms with Gasteiger partial charge in [-0.1, -0.05) is 17.7 Å². The zero-order chi connectivity index (χ0) is 16.1. The van der Waals surface area contributed by atoms with Crippen LogP contribution in [0.2, 0.25) is 0 Å². The number of urea groups is 1. The van der Waals surface area contributed by atoms with Gasteiger partial charge in [0.05, 0.1) is 12.3 Å². The molecule has 1 aromatic heterocycles. The van der Waals surface area contributed by atoms with Gasteiger partial charge in [-0.3, -0.25) is 4.90 Å². The average molecular weight is 313 g/mol. The summed E-state index contributed by atoms with van der Waals surface area (Å²) in [5, 5.41) is 5.82. The topological polar surface area (TPSA) is 57.5 Å². The highest BCUT2D eigenvalue weighted by molar-refractivity contribution is 5.89. The summed E-state index contributed by atoms with van der Waals surface area (Å²) in [6, 6.07) is 11.5. The smallest absolute Gasteiger partial charge is 0.319 e. The number of amides is 2. The number of nitrogens with one attached hydrogen (secondary N) is 2. The number of anilines is 1. The first-order valence-corrected chi connectivity index (χ1v) is 8.11. The van der Waals surface area contributed by atoms with Gasteiger partial charge in [-0.05, 0) is 57.1 Å². The molecule has 5 heteroatoms. The molecule has 23 heavy (non-hydrogen) atoms. The molecule has 1 fully saturated rings. The average Bonchev–Trinajstić information content (AvgIpc) is 3.24. The molecule has 2 N–H and O–H groups in total. The van der Waals surface area contributed by atoms with Crippen LogP contribution in [0.4, 0.5) is 10.5 Å². The summed E-state index contributed by atoms with van der Waals surface area (Å²) in [6.07, 6.45) is 4.09. The molecular formula is C18H23N3O2. The molecule has 5 nitrogen and oxygen atoms in total. The molecule has 0 aliphatic carbocycles. The van der Waals surface area contributed by atoms with E-state index in [1.165, 1.54) is 18.4 Å². The van der Waals surface area contributed by atoms with Crippen molar-refractivity contribution < 1.29 is 9.21 Å². The highest BCUT2D eigenvalue weighted by Gasteiger charge is 2.25. The van der Waals surface area contributed by atoms with Crippen LogP contribution in [-0.2, 0) is 0 Å². The number of carbonyl (C=O) groups excluding carboxylic acids is 1. The van der Waals surface area contributed by atoms with Crippen molar-refractivity contribution in [1.82, 2.24) is 10.2 Å². The lowest BCUT2D eigenvalue weighted by Gasteiger charge is -2.26. The standard InChI is InChI=1S/C18H23N3O2/c1-14-6-8-15(9-7-14)20-18(22)19-13-16(17-5-4-12-23-17)21-10-2-3-11-21/h4-9,12,16H,2-3,10-11,13H2,1H3,(H2,19,20,22)/t16-/m1/s1. The van der Waals surface area contributed by atoms with E-state index in [1.807, 2.05) is 43.3 Å². The molecule has 2 aromatic rings. The van der Waals surface area contributed by atoms with E-state index >= 15 is 0 Å². The van der Waals surface area contributed by atoms with Crippen molar-refractivity contribution in [2.24, 2.45) is 0 Å². The van der Waals surface area contributed by atoms with Gasteiger partial charge in [-0.15, -0.1) is 0 Å². The summed E-state index contributed by atoms with van der Waals surface area (Å²) in [7, 11) is 0. The van der Waals surface area contributed by atoms with Crippen molar-refractivity contribution in [3.05, 3.63) is 54.0 Å². The molecule has 1 atom stereocenters. The van der Waals surface area contributed by atoms with Gasteiger partial charge >= 0.3 is 6.03 Å². The van der Waals surface area contributed by atoms with E-state index in [-0.39, 0.29) is 12.1 Å². The first-order valence-electron chi connectivity index (χ1n) is 8.11. The van der Waals surface area contributed by atoms with Gasteiger partial charge in [0.1, 0.15) is 5.76 Å². The van der Waals surface area contributed by atoms with Crippen LogP contribution in [0.3, 0.4) is 0 Å². The monoisotopic (exact) mass is 313 g/mol. The van der Waals surface area contributed by atoms with E-state index in [0.717, 1.165) is 24.5 Å². The van der Waals surface area contributed by atoms with Gasteiger partial charge in [0.2, 0.25) is 0 Å². The van der Waals surface area contributed by atoms with Crippen molar-refractivity contribution >= 4 is 11.7 Å². The minimum absolute atomic E-state index is 0.0938. The zero-order valence-corrected chi connectivity index (χ0v) is 13.4. The van der Waals surface area contributed by atoms with Crippen LogP contribution >= 0.6 is 0 Å². The predicted molar refractivity (Wildman–Crippen MR) is 90.5 cm³/mol. The SMILES string of the molecule is Cc1ccc(NC(=O)NC[C@H](c2ccco2)N2CCCC2)cc1. The Balaban J connectivity index is 1.57. The van der Waals surface area contributed by atoms with Crippen LogP contribution in [0, 0.1) is 6.92 Å². The van der Waals surface area contributed by atoms with Crippen LogP contribution < -0.4 is 10.6 Å². The van der Waals surface area contributed by atoms with Crippen molar-refractivity contribution in [1.29, 1.82) is 0 Å². The summed E-state index contributed by atoms with van der Waals surface area (Å²) in [4.78, 5) is 14.5. The van der Waals surface area contributed by atoms with Gasteiger partial charge < -0.3 is 15.1 Å². The largest absolute Gasteiger partial charge is 0.468 e. The Bertz CT molecular complexity index is 616. The molecular weight excluding hydrogens is 290 g/mol. The van der Waals surface area contributed by atoms with Crippen LogP contribution in [0.25, 0.3) is 0 Å². The fraction of sp³-hybridized carbons (Fsp3) is 0.389. The first kappa shape index (κ1) is 15.6. The van der Waals surface area contributed by atoms with Gasteiger partial charge in [0, 0.05) is 12.2 Å². The van der Waals surface area contributed by atoms with Crippen molar-refractivity contribution in [3.8, 4) is 0 Å². The van der Waals surface area contributed by atoms with Gasteiger partial charge in [0.15, 0.2) is 0 Å². The number of carbonyl (C=O) groups is 1. The quantitative estimate of drug-likeness (QED) is 0.887. The molecule has 0 radical (unpaired) electrons. The summed E-state index contributed by atoms with van der Waals surface area (Å²) in [5.74, 6) is 0.905. The van der Waals surface area contributed by atoms with Crippen molar-refractivity contribution in [2.75, 3.05) is 25.0 Å². The van der Waals surface area contributed by atoms with Crippen LogP contribution in [0.15, 0.2) is 47.1 Å². The Morgan fingerprint density at radius 1 is 1.22 bits per heavy atom. The fourth-order valence-corrected chi connectivity index (χ4v) is 2.95. The molecule has 1 aromatic carbocycles. The normalized spacial score (nSPS) is 16.2. The Morgan fingerprint density at radius 3 is 2.61 bits per heavy atom. The minimum atomic E-state index is -0.190. The number of hydrogen-bond acceptors (Lipinski definition) is 3. The van der Waals surface area contributed by atoms with Gasteiger partial charge in [0.25, 0.3) is 0 Å². The molecule has 2 heterocycles. The Hall–Kier alpha value is -2.27. The zero-order valence-electron chi connectivity index (χ0n) is 13.4. The second kappa shape index (κ2) is 7.33. The van der Waals surface area contributed by atoms with E-state index in [0.29, 0.717) is 6.54 Å². The Labute approximate surface area is 136 Å². The second-order valence-electron chi connectivity index (χ2n) is 5.98. The lowest BCUT2D eigenvalue weighted by molar-refractivity contribution is 0.207. The van der Waals surface area contributed by atoms with Gasteiger partial charge in [-0.2, -0.15) is 0 Å². The Kier molecular flexibility index (Phi) is 4.98. The third-order valence-electron chi connectivity index (χ3n) is 4.22. The molecule has 1 aliphatic rings. The van der Waals surface area contributed by atoms with Crippen molar-refractivity contribution in [2.45, 2.75) is 25.8 Å². The number of benzene rings is 1. The maximum absolute atomic E-state index is 12.1. The third kappa shape index (κ3) is 4.13. The maximum Gasteiger partial charge on any atom is 0.319 e. The van der Waals surface area contributed by atoms with Crippen LogP contribution in [0.1, 0.15) is 30.2 Å². The van der Waals surface area contributed by atoms with Gasteiger partial charge in [-0.25, -0.2) is 4.79 Å². The van der Waals surface area contributed by atoms with Crippen LogP contribution in [-0.4, -0.2) is 30.6 Å². The molecule has 122 valence electrons. The molecule has 0 bridgehead atoms. The summed E-state index contributed by atoms with van der Waals surface area (Å²) in [5.41, 5.74) is 1.96. The molecule has 1 aliphatic heterocycles. The number of furan rings is 1. The lowest BCUT2D eigenvalue weighted by atomic mass is 10.2. The predicted octanol–water partition coefficient (Wildman–Crippen LogP) is 3.55. The Morgan fingerprint density at radius 2 is 1.96 bits per heavy atom. The third-order valence-corrected chi connectivity index (χ3v) is 4.22. The van der Waals surface area contributed by atoms with E-state index in [4.69, 9.17) is 4.42 Å². The fourth-order valence-electron chi connectivity index (χ4n) is 2.95. The molecule has 3 rings (SSSR count). The van der Waals surface area contributed by atoms with E-state index in [9.17, 15) is 4.79 Å². The van der Waals surface area contributed by atoms with E-state index in [2.05, 4.69) is 15.5 Å².